The molecule has 20 N–H and O–H groups in total. The molecule has 21 heteroatoms. The van der Waals surface area contributed by atoms with E-state index in [1.165, 1.54) is 28.8 Å². The van der Waals surface area contributed by atoms with E-state index in [-0.39, 0.29) is 35.6 Å². The third-order valence-corrected chi connectivity index (χ3v) is 13.6. The number of nitrogens with zero attached hydrogens (tertiary/aromatic N) is 10. The standard InChI is InChI=1S/C14H18N4.C13H15FN4.3C13H16N4/c1-4-11-12(13(15)18-14(16)17-11)10-6-8(2)5-9(3)7-10;1-2-3-10-11(12(15)18-13(16)17-10)8-4-6-9(14)7-5-8;1-3-10-11(12(14)17-13(15)16-10)9-6-4-5-8(2)7-9;1-3-10-11(12(14)17-13(15)16-10)9-7-5-4-6-8(9)2;1-2-6-10-11(9-7-4-3-5-8-9)12(14)17-13(15)16-10/h5-7H,4H2,1-3H3,(H4,15,16,17,18);4-7H,2-3H2,1H3,(H4,15,16,17,18);2*4-7H,3H2,1-2H3,(H4,14,15,16,17);3-5,7-8H,2,6H2,1H3,(H4,14,15,16,17). The average Bonchev–Trinajstić information content (AvgIpc) is 2.29. The molecule has 0 radical (unpaired) electrons. The van der Waals surface area contributed by atoms with Gasteiger partial charge in [-0.05, 0) is 105 Å². The third kappa shape index (κ3) is 17.5. The number of hydrogen-bond donors (Lipinski definition) is 10. The summed E-state index contributed by atoms with van der Waals surface area (Å²) in [5.74, 6) is 2.95. The van der Waals surface area contributed by atoms with Crippen LogP contribution in [-0.4, -0.2) is 49.8 Å². The molecule has 0 atom stereocenters. The number of aromatic nitrogens is 10. The highest BCUT2D eigenvalue weighted by Gasteiger charge is 2.18. The Morgan fingerprint density at radius 2 is 0.655 bits per heavy atom. The Balaban J connectivity index is 0.000000174. The first-order chi connectivity index (χ1) is 41.6. The smallest absolute Gasteiger partial charge is 0.222 e. The Kier molecular flexibility index (Phi) is 23.2. The highest BCUT2D eigenvalue weighted by molar-refractivity contribution is 5.81. The summed E-state index contributed by atoms with van der Waals surface area (Å²) in [6, 6.07) is 38.5. The normalized spacial score (nSPS) is 10.5. The van der Waals surface area contributed by atoms with Crippen LogP contribution in [0.5, 0.6) is 0 Å². The maximum atomic E-state index is 12.9. The van der Waals surface area contributed by atoms with Crippen molar-refractivity contribution in [3.8, 4) is 55.6 Å². The van der Waals surface area contributed by atoms with Gasteiger partial charge < -0.3 is 57.3 Å². The Bertz CT molecular complexity index is 3910. The quantitative estimate of drug-likeness (QED) is 0.0543. The lowest BCUT2D eigenvalue weighted by molar-refractivity contribution is 0.628. The van der Waals surface area contributed by atoms with Gasteiger partial charge in [-0.3, -0.25) is 0 Å². The summed E-state index contributed by atoms with van der Waals surface area (Å²) in [5, 5.41) is 0. The molecule has 0 unspecified atom stereocenters. The van der Waals surface area contributed by atoms with Crippen molar-refractivity contribution in [3.63, 3.8) is 0 Å². The predicted molar refractivity (Wildman–Crippen MR) is 356 cm³/mol. The van der Waals surface area contributed by atoms with Crippen molar-refractivity contribution in [1.29, 1.82) is 0 Å². The second kappa shape index (κ2) is 30.8. The van der Waals surface area contributed by atoms with Gasteiger partial charge in [0.1, 0.15) is 34.9 Å². The molecule has 0 aliphatic carbocycles. The van der Waals surface area contributed by atoms with Crippen molar-refractivity contribution < 1.29 is 4.39 Å². The first-order valence-corrected chi connectivity index (χ1v) is 28.7. The molecule has 0 bridgehead atoms. The molecular weight excluding hydrogens is 1090 g/mol. The number of nitrogen functional groups attached to an aromatic ring is 10. The van der Waals surface area contributed by atoms with Gasteiger partial charge in [0, 0.05) is 27.8 Å². The van der Waals surface area contributed by atoms with E-state index in [2.05, 4.69) is 94.9 Å². The van der Waals surface area contributed by atoms with Crippen molar-refractivity contribution in [1.82, 2.24) is 49.8 Å². The van der Waals surface area contributed by atoms with Gasteiger partial charge in [0.2, 0.25) is 29.7 Å². The molecule has 0 amide bonds. The summed E-state index contributed by atoms with van der Waals surface area (Å²) in [4.78, 5) is 41.4. The van der Waals surface area contributed by atoms with Crippen LogP contribution in [0.25, 0.3) is 55.6 Å². The van der Waals surface area contributed by atoms with E-state index in [1.54, 1.807) is 12.1 Å². The van der Waals surface area contributed by atoms with Gasteiger partial charge in [-0.2, -0.15) is 24.9 Å². The van der Waals surface area contributed by atoms with Crippen LogP contribution in [0.1, 0.15) is 98.2 Å². The van der Waals surface area contributed by atoms with Gasteiger partial charge in [-0.15, -0.1) is 0 Å². The summed E-state index contributed by atoms with van der Waals surface area (Å²) in [7, 11) is 0. The zero-order chi connectivity index (χ0) is 63.5. The number of rotatable bonds is 12. The fraction of sp³-hybridized carbons (Fsp3) is 0.242. The molecule has 20 nitrogen and oxygen atoms in total. The van der Waals surface area contributed by atoms with Crippen molar-refractivity contribution >= 4 is 58.8 Å². The van der Waals surface area contributed by atoms with Crippen molar-refractivity contribution in [2.45, 2.75) is 107 Å². The largest absolute Gasteiger partial charge is 0.383 e. The number of benzene rings is 5. The van der Waals surface area contributed by atoms with Crippen molar-refractivity contribution in [2.75, 3.05) is 57.3 Å². The van der Waals surface area contributed by atoms with Gasteiger partial charge in [-0.1, -0.05) is 173 Å². The van der Waals surface area contributed by atoms with Crippen LogP contribution >= 0.6 is 0 Å². The zero-order valence-corrected chi connectivity index (χ0v) is 51.1. The molecule has 0 aliphatic rings. The molecule has 0 fully saturated rings. The Hall–Kier alpha value is -10.6. The number of anilines is 10. The molecule has 5 aromatic carbocycles. The third-order valence-electron chi connectivity index (χ3n) is 13.6. The second-order valence-electron chi connectivity index (χ2n) is 20.4. The molecule has 5 aromatic heterocycles. The van der Waals surface area contributed by atoms with Gasteiger partial charge in [0.05, 0.1) is 28.5 Å². The van der Waals surface area contributed by atoms with Gasteiger partial charge in [-0.25, -0.2) is 29.3 Å². The van der Waals surface area contributed by atoms with E-state index in [4.69, 9.17) is 57.3 Å². The predicted octanol–water partition coefficient (Wildman–Crippen LogP) is 11.5. The summed E-state index contributed by atoms with van der Waals surface area (Å²) in [6.45, 7) is 18.5. The Labute approximate surface area is 509 Å². The lowest BCUT2D eigenvalue weighted by Crippen LogP contribution is -2.06. The first kappa shape index (κ1) is 65.6. The minimum atomic E-state index is -0.286. The van der Waals surface area contributed by atoms with Crippen LogP contribution in [0.3, 0.4) is 0 Å². The second-order valence-corrected chi connectivity index (χ2v) is 20.4. The van der Waals surface area contributed by atoms with E-state index in [1.807, 2.05) is 114 Å². The van der Waals surface area contributed by atoms with E-state index in [0.717, 1.165) is 135 Å². The molecule has 0 saturated heterocycles. The van der Waals surface area contributed by atoms with E-state index in [9.17, 15) is 4.39 Å². The molecule has 5 heterocycles. The van der Waals surface area contributed by atoms with Crippen LogP contribution < -0.4 is 57.3 Å². The van der Waals surface area contributed by atoms with Crippen LogP contribution in [0.2, 0.25) is 0 Å². The summed E-state index contributed by atoms with van der Waals surface area (Å²) >= 11 is 0. The molecular formula is C66H81FN20. The average molecular weight is 1170 g/mol. The molecule has 0 aliphatic heterocycles. The van der Waals surface area contributed by atoms with Crippen LogP contribution in [0.4, 0.5) is 63.2 Å². The lowest BCUT2D eigenvalue weighted by Gasteiger charge is -2.12. The molecule has 452 valence electrons. The minimum absolute atomic E-state index is 0.168. The highest BCUT2D eigenvalue weighted by Crippen LogP contribution is 2.34. The minimum Gasteiger partial charge on any atom is -0.383 e. The molecule has 87 heavy (non-hydrogen) atoms. The summed E-state index contributed by atoms with van der Waals surface area (Å²) in [5.41, 5.74) is 76.3. The van der Waals surface area contributed by atoms with E-state index < -0.39 is 0 Å². The maximum Gasteiger partial charge on any atom is 0.222 e. The summed E-state index contributed by atoms with van der Waals surface area (Å²) in [6.07, 6.45) is 5.85. The molecule has 10 aromatic rings. The van der Waals surface area contributed by atoms with E-state index >= 15 is 0 Å². The fourth-order valence-electron chi connectivity index (χ4n) is 9.88. The van der Waals surface area contributed by atoms with Crippen molar-refractivity contribution in [3.05, 3.63) is 178 Å². The Morgan fingerprint density at radius 3 is 1.07 bits per heavy atom. The SMILES string of the molecule is CCCc1nc(N)nc(N)c1-c1ccc(F)cc1.CCCc1nc(N)nc(N)c1-c1ccccc1.CCc1nc(N)nc(N)c1-c1cc(C)cc(C)c1.CCc1nc(N)nc(N)c1-c1cccc(C)c1.CCc1nc(N)nc(N)c1-c1ccccc1C. The van der Waals surface area contributed by atoms with Crippen LogP contribution in [0, 0.1) is 33.5 Å². The van der Waals surface area contributed by atoms with E-state index in [0.29, 0.717) is 29.1 Å². The number of nitrogens with two attached hydrogens (primary N) is 10. The number of hydrogen-bond acceptors (Lipinski definition) is 20. The topological polar surface area (TPSA) is 389 Å². The van der Waals surface area contributed by atoms with Gasteiger partial charge in [0.25, 0.3) is 0 Å². The maximum absolute atomic E-state index is 12.9. The summed E-state index contributed by atoms with van der Waals surface area (Å²) < 4.78 is 12.9. The van der Waals surface area contributed by atoms with Crippen LogP contribution in [-0.2, 0) is 32.1 Å². The monoisotopic (exact) mass is 1170 g/mol. The number of aryl methyl sites for hydroxylation is 9. The van der Waals surface area contributed by atoms with Crippen molar-refractivity contribution in [2.24, 2.45) is 0 Å². The Morgan fingerprint density at radius 1 is 0.310 bits per heavy atom. The van der Waals surface area contributed by atoms with Gasteiger partial charge in [0.15, 0.2) is 0 Å². The van der Waals surface area contributed by atoms with Gasteiger partial charge >= 0.3 is 0 Å². The highest BCUT2D eigenvalue weighted by atomic mass is 19.1. The number of halogens is 1. The fourth-order valence-corrected chi connectivity index (χ4v) is 9.88. The molecule has 0 spiro atoms. The molecule has 10 rings (SSSR count). The first-order valence-electron chi connectivity index (χ1n) is 28.7. The van der Waals surface area contributed by atoms with Crippen LogP contribution in [0.15, 0.2) is 121 Å². The molecule has 0 saturated carbocycles. The zero-order valence-electron chi connectivity index (χ0n) is 51.1. The lowest BCUT2D eigenvalue weighted by atomic mass is 9.98.